The molecule has 1 aliphatic heterocycles. The number of carbonyl (C=O) groups is 1. The molecular formula is C20H22N4O2. The van der Waals surface area contributed by atoms with Crippen molar-refractivity contribution < 1.29 is 9.53 Å². The number of hydrazine groups is 1. The van der Waals surface area contributed by atoms with E-state index in [1.807, 2.05) is 60.7 Å². The second-order valence-electron chi connectivity index (χ2n) is 5.90. The predicted molar refractivity (Wildman–Crippen MR) is 103 cm³/mol. The van der Waals surface area contributed by atoms with Crippen LogP contribution in [0.5, 0.6) is 5.75 Å². The second kappa shape index (κ2) is 8.94. The van der Waals surface area contributed by atoms with Crippen molar-refractivity contribution in [3.63, 3.8) is 0 Å². The molecule has 3 rings (SSSR count). The van der Waals surface area contributed by atoms with Gasteiger partial charge in [0.1, 0.15) is 11.8 Å². The van der Waals surface area contributed by atoms with Crippen LogP contribution in [0.1, 0.15) is 23.6 Å². The molecular weight excluding hydrogens is 328 g/mol. The molecule has 1 aliphatic rings. The van der Waals surface area contributed by atoms with Crippen LogP contribution in [-0.4, -0.2) is 25.3 Å². The number of ether oxygens (including phenoxy) is 1. The summed E-state index contributed by atoms with van der Waals surface area (Å²) in [5, 5.41) is 3.96. The summed E-state index contributed by atoms with van der Waals surface area (Å²) in [6.45, 7) is 0. The van der Waals surface area contributed by atoms with Crippen molar-refractivity contribution in [3.8, 4) is 5.75 Å². The highest BCUT2D eigenvalue weighted by molar-refractivity contribution is 5.84. The molecule has 6 nitrogen and oxygen atoms in total. The molecule has 1 fully saturated rings. The van der Waals surface area contributed by atoms with E-state index < -0.39 is 0 Å². The highest BCUT2D eigenvalue weighted by atomic mass is 16.5. The minimum atomic E-state index is -0.324. The van der Waals surface area contributed by atoms with Crippen LogP contribution >= 0.6 is 0 Å². The van der Waals surface area contributed by atoms with E-state index in [0.29, 0.717) is 6.42 Å². The number of para-hydroxylation sites is 1. The summed E-state index contributed by atoms with van der Waals surface area (Å²) in [7, 11) is 1.63. The summed E-state index contributed by atoms with van der Waals surface area (Å²) < 4.78 is 5.27. The van der Waals surface area contributed by atoms with Crippen LogP contribution in [0.4, 0.5) is 0 Å². The minimum absolute atomic E-state index is 0.112. The molecule has 0 bridgehead atoms. The molecule has 0 aromatic heterocycles. The van der Waals surface area contributed by atoms with Crippen LogP contribution in [0.25, 0.3) is 6.08 Å². The molecule has 134 valence electrons. The normalized spacial score (nSPS) is 19.9. The average molecular weight is 350 g/mol. The van der Waals surface area contributed by atoms with Crippen molar-refractivity contribution in [2.24, 2.45) is 5.10 Å². The number of methoxy groups -OCH3 is 1. The lowest BCUT2D eigenvalue weighted by Gasteiger charge is -2.08. The van der Waals surface area contributed by atoms with Crippen LogP contribution in [0, 0.1) is 0 Å². The number of hydrazone groups is 1. The largest absolute Gasteiger partial charge is 0.496 e. The third-order valence-electron chi connectivity index (χ3n) is 4.17. The molecule has 26 heavy (non-hydrogen) atoms. The van der Waals surface area contributed by atoms with Gasteiger partial charge < -0.3 is 4.74 Å². The molecule has 2 aromatic carbocycles. The molecule has 0 saturated carbocycles. The van der Waals surface area contributed by atoms with E-state index in [1.54, 1.807) is 19.4 Å². The first-order valence-electron chi connectivity index (χ1n) is 8.46. The summed E-state index contributed by atoms with van der Waals surface area (Å²) in [6, 6.07) is 17.5. The van der Waals surface area contributed by atoms with Gasteiger partial charge in [-0.25, -0.2) is 16.3 Å². The average Bonchev–Trinajstić information content (AvgIpc) is 3.19. The van der Waals surface area contributed by atoms with Gasteiger partial charge in [0, 0.05) is 17.8 Å². The standard InChI is InChI=1S/C20H22N4O2/c1-26-19-12-6-5-10-16(19)11-7-13-21-24-20(25)18-14-17(22-23-18)15-8-3-2-4-9-15/h2-13,17-18,22-23H,14H2,1H3,(H,24,25)/b11-7+,21-13+. The molecule has 1 amide bonds. The maximum atomic E-state index is 12.2. The van der Waals surface area contributed by atoms with Crippen molar-refractivity contribution in [1.82, 2.24) is 16.3 Å². The van der Waals surface area contributed by atoms with Gasteiger partial charge in [-0.15, -0.1) is 0 Å². The van der Waals surface area contributed by atoms with Crippen molar-refractivity contribution >= 4 is 18.2 Å². The molecule has 0 aliphatic carbocycles. The molecule has 2 unspecified atom stereocenters. The Hall–Kier alpha value is -2.96. The Morgan fingerprint density at radius 2 is 1.92 bits per heavy atom. The SMILES string of the molecule is COc1ccccc1/C=C/C=N/NC(=O)C1CC(c2ccccc2)NN1. The summed E-state index contributed by atoms with van der Waals surface area (Å²) in [5.74, 6) is 0.618. The topological polar surface area (TPSA) is 74.8 Å². The fraction of sp³-hybridized carbons (Fsp3) is 0.200. The van der Waals surface area contributed by atoms with Gasteiger partial charge in [0.05, 0.1) is 7.11 Å². The van der Waals surface area contributed by atoms with Gasteiger partial charge in [0.2, 0.25) is 0 Å². The van der Waals surface area contributed by atoms with Crippen LogP contribution < -0.4 is 21.0 Å². The molecule has 0 spiro atoms. The first-order chi connectivity index (χ1) is 12.8. The fourth-order valence-corrected chi connectivity index (χ4v) is 2.80. The lowest BCUT2D eigenvalue weighted by atomic mass is 10.0. The summed E-state index contributed by atoms with van der Waals surface area (Å²) in [4.78, 5) is 12.2. The second-order valence-corrected chi connectivity index (χ2v) is 5.90. The lowest BCUT2D eigenvalue weighted by molar-refractivity contribution is -0.122. The van der Waals surface area contributed by atoms with Crippen LogP contribution in [-0.2, 0) is 4.79 Å². The number of rotatable bonds is 6. The first kappa shape index (κ1) is 17.8. The number of carbonyl (C=O) groups excluding carboxylic acids is 1. The predicted octanol–water partition coefficient (Wildman–Crippen LogP) is 2.42. The van der Waals surface area contributed by atoms with E-state index >= 15 is 0 Å². The molecule has 3 N–H and O–H groups in total. The van der Waals surface area contributed by atoms with Gasteiger partial charge in [-0.05, 0) is 30.2 Å². The Morgan fingerprint density at radius 3 is 2.73 bits per heavy atom. The molecule has 2 aromatic rings. The molecule has 1 heterocycles. The number of allylic oxidation sites excluding steroid dienone is 1. The number of hydrogen-bond donors (Lipinski definition) is 3. The van der Waals surface area contributed by atoms with E-state index in [2.05, 4.69) is 21.4 Å². The smallest absolute Gasteiger partial charge is 0.258 e. The van der Waals surface area contributed by atoms with Gasteiger partial charge in [-0.1, -0.05) is 48.5 Å². The highest BCUT2D eigenvalue weighted by Gasteiger charge is 2.29. The third kappa shape index (κ3) is 4.56. The first-order valence-corrected chi connectivity index (χ1v) is 8.46. The van der Waals surface area contributed by atoms with Crippen LogP contribution in [0.3, 0.4) is 0 Å². The maximum Gasteiger partial charge on any atom is 0.258 e. The van der Waals surface area contributed by atoms with Gasteiger partial charge in [-0.2, -0.15) is 5.10 Å². The van der Waals surface area contributed by atoms with E-state index in [0.717, 1.165) is 16.9 Å². The van der Waals surface area contributed by atoms with Gasteiger partial charge in [0.25, 0.3) is 5.91 Å². The zero-order valence-electron chi connectivity index (χ0n) is 14.6. The van der Waals surface area contributed by atoms with Gasteiger partial charge in [-0.3, -0.25) is 4.79 Å². The molecule has 2 atom stereocenters. The number of amides is 1. The highest BCUT2D eigenvalue weighted by Crippen LogP contribution is 2.21. The number of nitrogens with zero attached hydrogens (tertiary/aromatic N) is 1. The van der Waals surface area contributed by atoms with Crippen LogP contribution in [0.15, 0.2) is 65.8 Å². The Kier molecular flexibility index (Phi) is 6.14. The van der Waals surface area contributed by atoms with E-state index in [1.165, 1.54) is 0 Å². The zero-order chi connectivity index (χ0) is 18.2. The molecule has 6 heteroatoms. The quantitative estimate of drug-likeness (QED) is 0.552. The Labute approximate surface area is 152 Å². The van der Waals surface area contributed by atoms with Gasteiger partial charge in [0.15, 0.2) is 0 Å². The monoisotopic (exact) mass is 350 g/mol. The van der Waals surface area contributed by atoms with Crippen molar-refractivity contribution in [2.45, 2.75) is 18.5 Å². The summed E-state index contributed by atoms with van der Waals surface area (Å²) in [5.41, 5.74) is 10.8. The Bertz CT molecular complexity index is 789. The third-order valence-corrected chi connectivity index (χ3v) is 4.17. The van der Waals surface area contributed by atoms with Crippen molar-refractivity contribution in [1.29, 1.82) is 0 Å². The number of benzene rings is 2. The Balaban J connectivity index is 1.48. The Morgan fingerprint density at radius 1 is 1.15 bits per heavy atom. The van der Waals surface area contributed by atoms with Crippen molar-refractivity contribution in [2.75, 3.05) is 7.11 Å². The minimum Gasteiger partial charge on any atom is -0.496 e. The maximum absolute atomic E-state index is 12.2. The number of nitrogens with one attached hydrogen (secondary N) is 3. The lowest BCUT2D eigenvalue weighted by Crippen LogP contribution is -2.41. The molecule has 1 saturated heterocycles. The summed E-state index contributed by atoms with van der Waals surface area (Å²) in [6.07, 6.45) is 5.84. The summed E-state index contributed by atoms with van der Waals surface area (Å²) >= 11 is 0. The zero-order valence-corrected chi connectivity index (χ0v) is 14.6. The number of hydrogen-bond acceptors (Lipinski definition) is 5. The molecule has 0 radical (unpaired) electrons. The van der Waals surface area contributed by atoms with Crippen molar-refractivity contribution in [3.05, 3.63) is 71.8 Å². The van der Waals surface area contributed by atoms with E-state index in [9.17, 15) is 4.79 Å². The van der Waals surface area contributed by atoms with Crippen LogP contribution in [0.2, 0.25) is 0 Å². The fourth-order valence-electron chi connectivity index (χ4n) is 2.80. The van der Waals surface area contributed by atoms with E-state index in [-0.39, 0.29) is 18.0 Å². The van der Waals surface area contributed by atoms with E-state index in [4.69, 9.17) is 4.74 Å². The van der Waals surface area contributed by atoms with Gasteiger partial charge >= 0.3 is 0 Å².